The highest BCUT2D eigenvalue weighted by atomic mass is 16.7. The number of nitrogen functional groups attached to an aromatic ring is 1. The van der Waals surface area contributed by atoms with E-state index in [1.807, 2.05) is 30.3 Å². The number of esters is 3. The zero-order valence-corrected chi connectivity index (χ0v) is 27.9. The summed E-state index contributed by atoms with van der Waals surface area (Å²) >= 11 is 0. The van der Waals surface area contributed by atoms with Gasteiger partial charge in [-0.05, 0) is 65.7 Å². The molecule has 6 rings (SSSR count). The molecule has 5 aromatic carbocycles. The van der Waals surface area contributed by atoms with Crippen LogP contribution in [0.25, 0.3) is 0 Å². The Labute approximate surface area is 295 Å². The number of carbonyl (C=O) groups is 3. The molecule has 0 saturated carbocycles. The topological polar surface area (TPSA) is 133 Å². The lowest BCUT2D eigenvalue weighted by Gasteiger charge is -2.40. The Balaban J connectivity index is 1.33. The van der Waals surface area contributed by atoms with E-state index in [0.717, 1.165) is 16.9 Å². The molecule has 2 N–H and O–H groups in total. The van der Waals surface area contributed by atoms with Crippen molar-refractivity contribution in [1.82, 2.24) is 0 Å². The molecule has 0 unspecified atom stereocenters. The van der Waals surface area contributed by atoms with Gasteiger partial charge in [-0.3, -0.25) is 0 Å². The fraction of sp³-hybridized carbons (Fsp3) is 0.195. The molecule has 260 valence electrons. The van der Waals surface area contributed by atoms with Gasteiger partial charge in [0.25, 0.3) is 0 Å². The Hall–Kier alpha value is -6.13. The van der Waals surface area contributed by atoms with E-state index in [9.17, 15) is 14.4 Å². The number of hydrogen-bond donors (Lipinski definition) is 1. The van der Waals surface area contributed by atoms with Crippen molar-refractivity contribution in [3.8, 4) is 11.5 Å². The van der Waals surface area contributed by atoms with Crippen molar-refractivity contribution < 1.29 is 42.8 Å². The van der Waals surface area contributed by atoms with Crippen LogP contribution in [0.5, 0.6) is 11.5 Å². The quantitative estimate of drug-likeness (QED) is 0.0862. The standard InChI is InChI=1S/C41H37NO9/c1-46-33-21-17-27(18-22-33)23-31-19-20-32(42)24-35(31)50-41-37(51-40(45)30-15-9-4-10-16-30)36(49-39(44)29-13-7-3-8-14-29)25-34(48-41)26-47-38(43)28-11-5-2-6-12-28/h2-22,24,34,36-37,41H,23,25-26,42H2,1H3/t34-,36-,37+,41+/m0/s1. The number of methoxy groups -OCH3 is 1. The van der Waals surface area contributed by atoms with Crippen molar-refractivity contribution >= 4 is 23.6 Å². The van der Waals surface area contributed by atoms with Crippen molar-refractivity contribution in [3.63, 3.8) is 0 Å². The summed E-state index contributed by atoms with van der Waals surface area (Å²) in [6, 6.07) is 38.3. The zero-order chi connectivity index (χ0) is 35.6. The van der Waals surface area contributed by atoms with E-state index in [1.165, 1.54) is 0 Å². The van der Waals surface area contributed by atoms with Crippen LogP contribution >= 0.6 is 0 Å². The van der Waals surface area contributed by atoms with Crippen LogP contribution in [0, 0.1) is 0 Å². The summed E-state index contributed by atoms with van der Waals surface area (Å²) in [6.07, 6.45) is -3.92. The average molecular weight is 688 g/mol. The molecule has 1 heterocycles. The molecule has 1 fully saturated rings. The predicted octanol–water partition coefficient (Wildman–Crippen LogP) is 6.67. The minimum atomic E-state index is -1.31. The van der Waals surface area contributed by atoms with Gasteiger partial charge in [0.2, 0.25) is 12.4 Å². The molecule has 1 aliphatic rings. The van der Waals surface area contributed by atoms with Crippen LogP contribution in [-0.2, 0) is 25.4 Å². The Morgan fingerprint density at radius 3 is 1.86 bits per heavy atom. The molecular weight excluding hydrogens is 650 g/mol. The van der Waals surface area contributed by atoms with E-state index in [1.54, 1.807) is 110 Å². The molecule has 0 bridgehead atoms. The Bertz CT molecular complexity index is 1920. The first kappa shape index (κ1) is 34.7. The lowest BCUT2D eigenvalue weighted by molar-refractivity contribution is -0.240. The molecule has 0 spiro atoms. The lowest BCUT2D eigenvalue weighted by atomic mass is 10.0. The average Bonchev–Trinajstić information content (AvgIpc) is 3.17. The van der Waals surface area contributed by atoms with E-state index in [-0.39, 0.29) is 18.6 Å². The smallest absolute Gasteiger partial charge is 0.338 e. The molecule has 10 heteroatoms. The van der Waals surface area contributed by atoms with Crippen molar-refractivity contribution in [3.05, 3.63) is 161 Å². The van der Waals surface area contributed by atoms with Gasteiger partial charge in [0.15, 0.2) is 0 Å². The maximum absolute atomic E-state index is 13.5. The van der Waals surface area contributed by atoms with Gasteiger partial charge in [-0.15, -0.1) is 0 Å². The van der Waals surface area contributed by atoms with Crippen LogP contribution in [-0.4, -0.2) is 56.2 Å². The van der Waals surface area contributed by atoms with Crippen LogP contribution < -0.4 is 15.2 Å². The van der Waals surface area contributed by atoms with Gasteiger partial charge in [-0.25, -0.2) is 14.4 Å². The van der Waals surface area contributed by atoms with Crippen LogP contribution in [0.1, 0.15) is 48.6 Å². The van der Waals surface area contributed by atoms with Crippen molar-refractivity contribution in [1.29, 1.82) is 0 Å². The highest BCUT2D eigenvalue weighted by Gasteiger charge is 2.46. The van der Waals surface area contributed by atoms with Crippen LogP contribution in [0.2, 0.25) is 0 Å². The normalized spacial score (nSPS) is 18.2. The number of carbonyl (C=O) groups excluding carboxylic acids is 3. The molecule has 1 saturated heterocycles. The largest absolute Gasteiger partial charge is 0.497 e. The summed E-state index contributed by atoms with van der Waals surface area (Å²) in [7, 11) is 1.60. The van der Waals surface area contributed by atoms with E-state index in [0.29, 0.717) is 29.0 Å². The summed E-state index contributed by atoms with van der Waals surface area (Å²) in [5.74, 6) is -0.762. The molecule has 0 radical (unpaired) electrons. The van der Waals surface area contributed by atoms with Crippen molar-refractivity contribution in [2.75, 3.05) is 19.5 Å². The lowest BCUT2D eigenvalue weighted by Crippen LogP contribution is -2.55. The molecule has 5 aromatic rings. The number of benzene rings is 5. The Kier molecular flexibility index (Phi) is 11.2. The van der Waals surface area contributed by atoms with Crippen LogP contribution in [0.15, 0.2) is 133 Å². The summed E-state index contributed by atoms with van der Waals surface area (Å²) in [4.78, 5) is 39.8. The van der Waals surface area contributed by atoms with E-state index < -0.39 is 42.5 Å². The molecule has 0 amide bonds. The van der Waals surface area contributed by atoms with Crippen LogP contribution in [0.4, 0.5) is 5.69 Å². The predicted molar refractivity (Wildman–Crippen MR) is 189 cm³/mol. The first-order valence-corrected chi connectivity index (χ1v) is 16.4. The minimum absolute atomic E-state index is 0.0306. The van der Waals surface area contributed by atoms with Crippen molar-refractivity contribution in [2.24, 2.45) is 0 Å². The van der Waals surface area contributed by atoms with Gasteiger partial charge in [-0.2, -0.15) is 0 Å². The van der Waals surface area contributed by atoms with E-state index in [4.69, 9.17) is 34.2 Å². The molecular formula is C41H37NO9. The number of rotatable bonds is 12. The van der Waals surface area contributed by atoms with Gasteiger partial charge < -0.3 is 34.2 Å². The summed E-state index contributed by atoms with van der Waals surface area (Å²) < 4.78 is 36.0. The molecule has 0 aliphatic carbocycles. The molecule has 10 nitrogen and oxygen atoms in total. The summed E-state index contributed by atoms with van der Waals surface area (Å²) in [5.41, 5.74) is 9.35. The highest BCUT2D eigenvalue weighted by molar-refractivity contribution is 5.90. The molecule has 0 aromatic heterocycles. The van der Waals surface area contributed by atoms with E-state index in [2.05, 4.69) is 0 Å². The van der Waals surface area contributed by atoms with Crippen molar-refractivity contribution in [2.45, 2.75) is 37.4 Å². The first-order valence-electron chi connectivity index (χ1n) is 16.4. The Morgan fingerprint density at radius 1 is 0.706 bits per heavy atom. The minimum Gasteiger partial charge on any atom is -0.497 e. The maximum atomic E-state index is 13.5. The third-order valence-corrected chi connectivity index (χ3v) is 8.27. The van der Waals surface area contributed by atoms with Gasteiger partial charge in [0, 0.05) is 24.6 Å². The first-order chi connectivity index (χ1) is 24.9. The van der Waals surface area contributed by atoms with E-state index >= 15 is 0 Å². The van der Waals surface area contributed by atoms with Gasteiger partial charge in [0.1, 0.15) is 24.2 Å². The second kappa shape index (κ2) is 16.5. The Morgan fingerprint density at radius 2 is 1.27 bits per heavy atom. The number of anilines is 1. The molecule has 1 aliphatic heterocycles. The van der Waals surface area contributed by atoms with Gasteiger partial charge >= 0.3 is 17.9 Å². The van der Waals surface area contributed by atoms with Crippen LogP contribution in [0.3, 0.4) is 0 Å². The third-order valence-electron chi connectivity index (χ3n) is 8.27. The number of ether oxygens (including phenoxy) is 6. The number of nitrogens with two attached hydrogens (primary N) is 1. The zero-order valence-electron chi connectivity index (χ0n) is 27.9. The number of hydrogen-bond acceptors (Lipinski definition) is 10. The molecule has 4 atom stereocenters. The summed E-state index contributed by atoms with van der Waals surface area (Å²) in [5, 5.41) is 0. The highest BCUT2D eigenvalue weighted by Crippen LogP contribution is 2.33. The summed E-state index contributed by atoms with van der Waals surface area (Å²) in [6.45, 7) is -0.192. The molecule has 51 heavy (non-hydrogen) atoms. The van der Waals surface area contributed by atoms with Gasteiger partial charge in [0.05, 0.1) is 29.9 Å². The maximum Gasteiger partial charge on any atom is 0.338 e. The second-order valence-electron chi connectivity index (χ2n) is 11.9. The van der Waals surface area contributed by atoms with Gasteiger partial charge in [-0.1, -0.05) is 72.8 Å². The monoisotopic (exact) mass is 687 g/mol. The fourth-order valence-corrected chi connectivity index (χ4v) is 5.63. The fourth-order valence-electron chi connectivity index (χ4n) is 5.63. The third kappa shape index (κ3) is 9.11. The SMILES string of the molecule is COc1ccc(Cc2ccc(N)cc2O[C@H]2O[C@H](COC(=O)c3ccccc3)C[C@H](OC(=O)c3ccccc3)[C@H]2OC(=O)c2ccccc2)cc1. The second-order valence-corrected chi connectivity index (χ2v) is 11.9.